The molecule has 1 fully saturated rings. The third-order valence-electron chi connectivity index (χ3n) is 7.88. The Balaban J connectivity index is 1.93. The number of likely N-dealkylation sites (tertiary alicyclic amines) is 1. The Labute approximate surface area is 205 Å². The van der Waals surface area contributed by atoms with Crippen LogP contribution in [0.15, 0.2) is 40.4 Å². The summed E-state index contributed by atoms with van der Waals surface area (Å²) in [5, 5.41) is 0. The fourth-order valence-corrected chi connectivity index (χ4v) is 5.17. The monoisotopic (exact) mass is 466 g/mol. The molecule has 186 valence electrons. The number of carbonyl (C=O) groups is 2. The first-order valence-corrected chi connectivity index (χ1v) is 12.7. The summed E-state index contributed by atoms with van der Waals surface area (Å²) in [6, 6.07) is 7.40. The van der Waals surface area contributed by atoms with Gasteiger partial charge in [0.1, 0.15) is 5.75 Å². The summed E-state index contributed by atoms with van der Waals surface area (Å²) in [6.45, 7) is 15.0. The second-order valence-corrected chi connectivity index (χ2v) is 11.3. The number of nitrogens with zero attached hydrogens (tertiary/aromatic N) is 2. The Kier molecular flexibility index (Phi) is 8.05. The van der Waals surface area contributed by atoms with Crippen LogP contribution in [0.1, 0.15) is 67.7 Å². The van der Waals surface area contributed by atoms with Crippen molar-refractivity contribution in [2.24, 2.45) is 34.1 Å². The smallest absolute Gasteiger partial charge is 0.226 e. The van der Waals surface area contributed by atoms with Gasteiger partial charge in [0.15, 0.2) is 5.78 Å². The lowest BCUT2D eigenvalue weighted by Crippen LogP contribution is -2.48. The lowest BCUT2D eigenvalue weighted by atomic mass is 9.73. The molecule has 0 radical (unpaired) electrons. The predicted molar refractivity (Wildman–Crippen MR) is 139 cm³/mol. The number of aliphatic imine (C=N–C) groups is 1. The lowest BCUT2D eigenvalue weighted by molar-refractivity contribution is -0.144. The Morgan fingerprint density at radius 2 is 1.91 bits per heavy atom. The molecule has 0 saturated carbocycles. The minimum atomic E-state index is -0.336. The molecule has 1 amide bonds. The van der Waals surface area contributed by atoms with Gasteiger partial charge in [-0.05, 0) is 41.9 Å². The Bertz CT molecular complexity index is 970. The van der Waals surface area contributed by atoms with Crippen molar-refractivity contribution in [3.05, 3.63) is 35.4 Å². The highest BCUT2D eigenvalue weighted by atomic mass is 16.5. The number of hydrogen-bond acceptors (Lipinski definition) is 4. The highest BCUT2D eigenvalue weighted by molar-refractivity contribution is 5.92. The number of Topliss-reactive ketones (excluding diaryl/α,β-unsaturated/α-hetero) is 1. The fourth-order valence-electron chi connectivity index (χ4n) is 5.17. The molecule has 34 heavy (non-hydrogen) atoms. The predicted octanol–water partition coefficient (Wildman–Crippen LogP) is 6.25. The van der Waals surface area contributed by atoms with Gasteiger partial charge in [-0.2, -0.15) is 0 Å². The Morgan fingerprint density at radius 1 is 1.21 bits per heavy atom. The largest absolute Gasteiger partial charge is 0.497 e. The molecule has 2 aliphatic rings. The molecule has 1 heterocycles. The lowest BCUT2D eigenvalue weighted by Gasteiger charge is -2.34. The molecule has 0 N–H and O–H groups in total. The van der Waals surface area contributed by atoms with E-state index in [2.05, 4.69) is 27.7 Å². The molecule has 5 heteroatoms. The van der Waals surface area contributed by atoms with Gasteiger partial charge in [0, 0.05) is 36.6 Å². The first-order valence-electron chi connectivity index (χ1n) is 12.7. The number of ether oxygens (including phenoxy) is 1. The van der Waals surface area contributed by atoms with Crippen LogP contribution in [0, 0.1) is 29.1 Å². The minimum absolute atomic E-state index is 0.0949. The van der Waals surface area contributed by atoms with Crippen molar-refractivity contribution in [2.45, 2.75) is 73.8 Å². The molecule has 1 saturated heterocycles. The number of allylic oxidation sites excluding steroid dienone is 1. The first-order chi connectivity index (χ1) is 16.0. The van der Waals surface area contributed by atoms with Crippen molar-refractivity contribution in [2.75, 3.05) is 13.7 Å². The molecular formula is C29H42N2O3. The molecule has 5 nitrogen and oxygen atoms in total. The molecule has 0 bridgehead atoms. The van der Waals surface area contributed by atoms with E-state index in [9.17, 15) is 9.59 Å². The van der Waals surface area contributed by atoms with Crippen LogP contribution in [-0.4, -0.2) is 42.5 Å². The van der Waals surface area contributed by atoms with Crippen molar-refractivity contribution in [1.29, 1.82) is 0 Å². The fraction of sp³-hybridized carbons (Fsp3) is 0.621. The number of ketones is 1. The summed E-state index contributed by atoms with van der Waals surface area (Å²) in [5.74, 6) is 1.22. The van der Waals surface area contributed by atoms with Crippen LogP contribution < -0.4 is 4.74 Å². The number of amides is 1. The van der Waals surface area contributed by atoms with Crippen LogP contribution in [0.4, 0.5) is 5.69 Å². The highest BCUT2D eigenvalue weighted by Crippen LogP contribution is 2.46. The van der Waals surface area contributed by atoms with E-state index < -0.39 is 0 Å². The average Bonchev–Trinajstić information content (AvgIpc) is 3.14. The third-order valence-corrected chi connectivity index (χ3v) is 7.88. The van der Waals surface area contributed by atoms with E-state index in [1.807, 2.05) is 56.2 Å². The van der Waals surface area contributed by atoms with Crippen LogP contribution in [-0.2, 0) is 9.59 Å². The maximum atomic E-state index is 13.6. The van der Waals surface area contributed by atoms with Crippen LogP contribution in [0.3, 0.4) is 0 Å². The van der Waals surface area contributed by atoms with Gasteiger partial charge in [0.25, 0.3) is 0 Å². The van der Waals surface area contributed by atoms with Gasteiger partial charge in [-0.25, -0.2) is 0 Å². The normalized spacial score (nSPS) is 24.0. The van der Waals surface area contributed by atoms with E-state index in [1.54, 1.807) is 7.11 Å². The molecule has 4 unspecified atom stereocenters. The van der Waals surface area contributed by atoms with Crippen LogP contribution in [0.5, 0.6) is 5.75 Å². The van der Waals surface area contributed by atoms with Gasteiger partial charge in [0.05, 0.1) is 18.8 Å². The van der Waals surface area contributed by atoms with E-state index in [0.717, 1.165) is 30.7 Å². The molecule has 1 aliphatic carbocycles. The van der Waals surface area contributed by atoms with Gasteiger partial charge in [0.2, 0.25) is 5.91 Å². The third kappa shape index (κ3) is 5.29. The maximum Gasteiger partial charge on any atom is 0.226 e. The van der Waals surface area contributed by atoms with Gasteiger partial charge in [-0.1, -0.05) is 66.5 Å². The summed E-state index contributed by atoms with van der Waals surface area (Å²) >= 11 is 0. The Hall–Kier alpha value is -2.43. The van der Waals surface area contributed by atoms with Crippen LogP contribution >= 0.6 is 0 Å². The van der Waals surface area contributed by atoms with Gasteiger partial charge in [-0.15, -0.1) is 0 Å². The quantitative estimate of drug-likeness (QED) is 0.426. The van der Waals surface area contributed by atoms with Gasteiger partial charge >= 0.3 is 0 Å². The summed E-state index contributed by atoms with van der Waals surface area (Å²) in [4.78, 5) is 33.6. The number of carbonyl (C=O) groups excluding carboxylic acids is 2. The molecular weight excluding hydrogens is 424 g/mol. The molecule has 3 rings (SSSR count). The zero-order chi connectivity index (χ0) is 25.2. The second kappa shape index (κ2) is 10.5. The van der Waals surface area contributed by atoms with Crippen LogP contribution in [0.2, 0.25) is 0 Å². The SMILES string of the molecule is CCC1C(C2=C(C=Nc3cccc(OC)c3)CC2)CN(C(=O)C(C)C(C)(C)C)C1C(=O)C(C)C. The van der Waals surface area contributed by atoms with E-state index in [0.29, 0.717) is 6.54 Å². The molecule has 1 aliphatic heterocycles. The standard InChI is InChI=1S/C29H42N2O3/c1-9-23-25(24-14-13-20(24)16-30-21-11-10-12-22(15-21)34-8)17-31(26(23)27(32)18(2)3)28(33)19(4)29(5,6)7/h10-12,15-16,18-19,23,25-26H,9,13-14,17H2,1-8H3. The summed E-state index contributed by atoms with van der Waals surface area (Å²) < 4.78 is 5.31. The Morgan fingerprint density at radius 3 is 2.44 bits per heavy atom. The maximum absolute atomic E-state index is 13.6. The van der Waals surface area contributed by atoms with Crippen molar-refractivity contribution in [3.8, 4) is 5.75 Å². The zero-order valence-electron chi connectivity index (χ0n) is 22.2. The number of methoxy groups -OCH3 is 1. The van der Waals surface area contributed by atoms with E-state index in [1.165, 1.54) is 11.1 Å². The zero-order valence-corrected chi connectivity index (χ0v) is 22.2. The minimum Gasteiger partial charge on any atom is -0.497 e. The van der Waals surface area contributed by atoms with Crippen LogP contribution in [0.25, 0.3) is 0 Å². The number of hydrogen-bond donors (Lipinski definition) is 0. The highest BCUT2D eigenvalue weighted by Gasteiger charge is 2.50. The summed E-state index contributed by atoms with van der Waals surface area (Å²) in [6.07, 6.45) is 4.86. The van der Waals surface area contributed by atoms with E-state index in [-0.39, 0.29) is 46.8 Å². The average molecular weight is 467 g/mol. The molecule has 0 spiro atoms. The van der Waals surface area contributed by atoms with Gasteiger partial charge in [-0.3, -0.25) is 14.6 Å². The molecule has 1 aromatic carbocycles. The topological polar surface area (TPSA) is 59.0 Å². The molecule has 4 atom stereocenters. The molecule has 0 aromatic heterocycles. The van der Waals surface area contributed by atoms with Crippen molar-refractivity contribution >= 4 is 23.6 Å². The second-order valence-electron chi connectivity index (χ2n) is 11.3. The summed E-state index contributed by atoms with van der Waals surface area (Å²) in [5.41, 5.74) is 3.34. The number of rotatable bonds is 8. The number of benzene rings is 1. The molecule has 1 aromatic rings. The van der Waals surface area contributed by atoms with Crippen molar-refractivity contribution < 1.29 is 14.3 Å². The van der Waals surface area contributed by atoms with E-state index >= 15 is 0 Å². The first kappa shape index (κ1) is 26.2. The van der Waals surface area contributed by atoms with Crippen molar-refractivity contribution in [1.82, 2.24) is 4.90 Å². The summed E-state index contributed by atoms with van der Waals surface area (Å²) in [7, 11) is 1.66. The van der Waals surface area contributed by atoms with Gasteiger partial charge < -0.3 is 9.64 Å². The van der Waals surface area contributed by atoms with E-state index in [4.69, 9.17) is 9.73 Å². The van der Waals surface area contributed by atoms with Crippen molar-refractivity contribution in [3.63, 3.8) is 0 Å².